The minimum Gasteiger partial charge on any atom is -0.343 e. The van der Waals surface area contributed by atoms with Crippen LogP contribution in [0, 0.1) is 6.92 Å². The zero-order valence-electron chi connectivity index (χ0n) is 16.2. The van der Waals surface area contributed by atoms with E-state index in [0.717, 1.165) is 44.5 Å². The lowest BCUT2D eigenvalue weighted by Gasteiger charge is -2.23. The van der Waals surface area contributed by atoms with E-state index in [-0.39, 0.29) is 17.9 Å². The molecule has 0 atom stereocenters. The van der Waals surface area contributed by atoms with Crippen molar-refractivity contribution < 1.29 is 9.59 Å². The largest absolute Gasteiger partial charge is 0.343 e. The molecule has 4 rings (SSSR count). The number of nitrogens with zero attached hydrogens (tertiary/aromatic N) is 3. The van der Waals surface area contributed by atoms with E-state index in [2.05, 4.69) is 10.3 Å². The molecule has 2 heterocycles. The predicted molar refractivity (Wildman–Crippen MR) is 111 cm³/mol. The number of anilines is 2. The molecule has 1 N–H and O–H groups in total. The van der Waals surface area contributed by atoms with Gasteiger partial charge in [-0.25, -0.2) is 4.98 Å². The average Bonchev–Trinajstić information content (AvgIpc) is 3.18. The molecule has 0 unspecified atom stereocenters. The first-order chi connectivity index (χ1) is 13.6. The van der Waals surface area contributed by atoms with E-state index >= 15 is 0 Å². The highest BCUT2D eigenvalue weighted by Crippen LogP contribution is 2.30. The van der Waals surface area contributed by atoms with Crippen LogP contribution in [-0.4, -0.2) is 52.3 Å². The molecule has 2 amide bonds. The smallest absolute Gasteiger partial charge is 0.273 e. The molecule has 28 heavy (non-hydrogen) atoms. The summed E-state index contributed by atoms with van der Waals surface area (Å²) in [5.74, 6) is 0.0984. The minimum atomic E-state index is -0.0646. The summed E-state index contributed by atoms with van der Waals surface area (Å²) in [6, 6.07) is 8.32. The number of carbonyl (C=O) groups excluding carboxylic acids is 2. The SMILES string of the molecule is Cc1cccc(Nc2nc(C(=O)N(CCC(=O)N3CCCC3)C3CC3)cs2)c1. The monoisotopic (exact) mass is 398 g/mol. The molecule has 1 aromatic carbocycles. The van der Waals surface area contributed by atoms with Crippen molar-refractivity contribution in [3.63, 3.8) is 0 Å². The van der Waals surface area contributed by atoms with Crippen LogP contribution >= 0.6 is 11.3 Å². The van der Waals surface area contributed by atoms with Crippen molar-refractivity contribution in [3.05, 3.63) is 40.9 Å². The van der Waals surface area contributed by atoms with Crippen LogP contribution in [0.1, 0.15) is 48.2 Å². The molecule has 2 aromatic rings. The third-order valence-electron chi connectivity index (χ3n) is 5.27. The first-order valence-electron chi connectivity index (χ1n) is 9.98. The maximum absolute atomic E-state index is 13.0. The van der Waals surface area contributed by atoms with Crippen LogP contribution in [0.4, 0.5) is 10.8 Å². The quantitative estimate of drug-likeness (QED) is 0.770. The lowest BCUT2D eigenvalue weighted by atomic mass is 10.2. The topological polar surface area (TPSA) is 65.5 Å². The molecule has 2 fully saturated rings. The number of aromatic nitrogens is 1. The zero-order valence-corrected chi connectivity index (χ0v) is 17.0. The van der Waals surface area contributed by atoms with Gasteiger partial charge >= 0.3 is 0 Å². The van der Waals surface area contributed by atoms with Crippen LogP contribution in [0.5, 0.6) is 0 Å². The molecule has 1 aliphatic carbocycles. The number of aryl methyl sites for hydroxylation is 1. The fourth-order valence-electron chi connectivity index (χ4n) is 3.60. The second-order valence-electron chi connectivity index (χ2n) is 7.60. The number of carbonyl (C=O) groups is 2. The van der Waals surface area contributed by atoms with Crippen LogP contribution in [0.15, 0.2) is 29.6 Å². The Morgan fingerprint density at radius 1 is 1.29 bits per heavy atom. The first kappa shape index (κ1) is 18.9. The van der Waals surface area contributed by atoms with Crippen LogP contribution in [0.2, 0.25) is 0 Å². The summed E-state index contributed by atoms with van der Waals surface area (Å²) in [6.45, 7) is 4.24. The summed E-state index contributed by atoms with van der Waals surface area (Å²) in [4.78, 5) is 33.6. The molecule has 1 saturated heterocycles. The number of thiazole rings is 1. The summed E-state index contributed by atoms with van der Waals surface area (Å²) >= 11 is 1.43. The lowest BCUT2D eigenvalue weighted by molar-refractivity contribution is -0.130. The van der Waals surface area contributed by atoms with Crippen LogP contribution < -0.4 is 5.32 Å². The second kappa shape index (κ2) is 8.31. The van der Waals surface area contributed by atoms with E-state index in [9.17, 15) is 9.59 Å². The van der Waals surface area contributed by atoms with Gasteiger partial charge in [0.15, 0.2) is 5.13 Å². The standard InChI is InChI=1S/C21H26N4O2S/c1-15-5-4-6-16(13-15)22-21-23-18(14-28-21)20(27)25(17-7-8-17)12-9-19(26)24-10-2-3-11-24/h4-6,13-14,17H,2-3,7-12H2,1H3,(H,22,23). The van der Waals surface area contributed by atoms with E-state index in [4.69, 9.17) is 0 Å². The number of nitrogens with one attached hydrogen (secondary N) is 1. The van der Waals surface area contributed by atoms with Gasteiger partial charge in [0.2, 0.25) is 5.91 Å². The Labute approximate surface area is 169 Å². The average molecular weight is 399 g/mol. The maximum atomic E-state index is 13.0. The van der Waals surface area contributed by atoms with Gasteiger partial charge in [0.1, 0.15) is 5.69 Å². The fourth-order valence-corrected chi connectivity index (χ4v) is 4.30. The Morgan fingerprint density at radius 2 is 2.07 bits per heavy atom. The van der Waals surface area contributed by atoms with Crippen LogP contribution in [0.25, 0.3) is 0 Å². The molecule has 1 aliphatic heterocycles. The molecule has 2 aliphatic rings. The van der Waals surface area contributed by atoms with E-state index in [1.54, 1.807) is 5.38 Å². The van der Waals surface area contributed by atoms with Gasteiger partial charge in [-0.2, -0.15) is 0 Å². The zero-order chi connectivity index (χ0) is 19.5. The van der Waals surface area contributed by atoms with E-state index < -0.39 is 0 Å². The van der Waals surface area contributed by atoms with Crippen molar-refractivity contribution in [1.82, 2.24) is 14.8 Å². The van der Waals surface area contributed by atoms with Crippen molar-refractivity contribution in [2.24, 2.45) is 0 Å². The van der Waals surface area contributed by atoms with Gasteiger partial charge in [-0.15, -0.1) is 11.3 Å². The summed E-state index contributed by atoms with van der Waals surface area (Å²) < 4.78 is 0. The summed E-state index contributed by atoms with van der Waals surface area (Å²) in [7, 11) is 0. The molecular weight excluding hydrogens is 372 g/mol. The summed E-state index contributed by atoms with van der Waals surface area (Å²) in [5, 5.41) is 5.78. The first-order valence-corrected chi connectivity index (χ1v) is 10.9. The van der Waals surface area contributed by atoms with Crippen molar-refractivity contribution in [2.45, 2.75) is 45.1 Å². The summed E-state index contributed by atoms with van der Waals surface area (Å²) in [6.07, 6.45) is 4.62. The normalized spacial score (nSPS) is 16.2. The van der Waals surface area contributed by atoms with Gasteiger partial charge in [0.05, 0.1) is 0 Å². The van der Waals surface area contributed by atoms with Gasteiger partial charge in [-0.1, -0.05) is 12.1 Å². The molecule has 148 valence electrons. The Kier molecular flexibility index (Phi) is 5.62. The van der Waals surface area contributed by atoms with Crippen molar-refractivity contribution in [3.8, 4) is 0 Å². The highest BCUT2D eigenvalue weighted by molar-refractivity contribution is 7.14. The van der Waals surface area contributed by atoms with Gasteiger partial charge in [0.25, 0.3) is 5.91 Å². The molecule has 0 bridgehead atoms. The van der Waals surface area contributed by atoms with E-state index in [0.29, 0.717) is 23.8 Å². The predicted octanol–water partition coefficient (Wildman–Crippen LogP) is 3.81. The highest BCUT2D eigenvalue weighted by Gasteiger charge is 2.34. The number of likely N-dealkylation sites (tertiary alicyclic amines) is 1. The molecule has 1 aromatic heterocycles. The molecule has 7 heteroatoms. The number of benzene rings is 1. The Bertz CT molecular complexity index is 856. The molecular formula is C21H26N4O2S. The minimum absolute atomic E-state index is 0.0646. The van der Waals surface area contributed by atoms with Crippen molar-refractivity contribution in [1.29, 1.82) is 0 Å². The third kappa shape index (κ3) is 4.52. The van der Waals surface area contributed by atoms with Crippen molar-refractivity contribution in [2.75, 3.05) is 25.0 Å². The van der Waals surface area contributed by atoms with E-state index in [1.165, 1.54) is 16.9 Å². The summed E-state index contributed by atoms with van der Waals surface area (Å²) in [5.41, 5.74) is 2.59. The third-order valence-corrected chi connectivity index (χ3v) is 6.02. The number of rotatable bonds is 7. The maximum Gasteiger partial charge on any atom is 0.273 e. The molecule has 1 saturated carbocycles. The van der Waals surface area contributed by atoms with Crippen LogP contribution in [0.3, 0.4) is 0 Å². The number of amides is 2. The van der Waals surface area contributed by atoms with E-state index in [1.807, 2.05) is 41.0 Å². The Hall–Kier alpha value is -2.41. The van der Waals surface area contributed by atoms with Gasteiger partial charge in [0, 0.05) is 43.2 Å². The van der Waals surface area contributed by atoms with Gasteiger partial charge in [-0.3, -0.25) is 9.59 Å². The number of hydrogen-bond donors (Lipinski definition) is 1. The molecule has 0 spiro atoms. The lowest BCUT2D eigenvalue weighted by Crippen LogP contribution is -2.37. The van der Waals surface area contributed by atoms with Crippen molar-refractivity contribution >= 4 is 34.0 Å². The van der Waals surface area contributed by atoms with Crippen LogP contribution in [-0.2, 0) is 4.79 Å². The Balaban J connectivity index is 1.38. The molecule has 0 radical (unpaired) electrons. The van der Waals surface area contributed by atoms with Gasteiger partial charge in [-0.05, 0) is 50.3 Å². The second-order valence-corrected chi connectivity index (χ2v) is 8.46. The molecule has 6 nitrogen and oxygen atoms in total. The number of hydrogen-bond acceptors (Lipinski definition) is 5. The highest BCUT2D eigenvalue weighted by atomic mass is 32.1. The Morgan fingerprint density at radius 3 is 2.79 bits per heavy atom. The fraction of sp³-hybridized carbons (Fsp3) is 0.476. The van der Waals surface area contributed by atoms with Gasteiger partial charge < -0.3 is 15.1 Å².